The first-order valence-electron chi connectivity index (χ1n) is 5.71. The van der Waals surface area contributed by atoms with Crippen LogP contribution in [0.2, 0.25) is 0 Å². The van der Waals surface area contributed by atoms with Crippen LogP contribution in [0.5, 0.6) is 0 Å². The number of carbonyl (C=O) groups excluding carboxylic acids is 1. The van der Waals surface area contributed by atoms with E-state index in [1.165, 1.54) is 12.8 Å². The van der Waals surface area contributed by atoms with E-state index in [1.807, 2.05) is 4.68 Å². The molecule has 15 heavy (non-hydrogen) atoms. The molecule has 0 saturated heterocycles. The zero-order chi connectivity index (χ0) is 10.4. The quantitative estimate of drug-likeness (QED) is 0.737. The number of rotatable bonds is 2. The van der Waals surface area contributed by atoms with Gasteiger partial charge in [0, 0.05) is 12.5 Å². The molecule has 2 aliphatic rings. The summed E-state index contributed by atoms with van der Waals surface area (Å²) in [6, 6.07) is 0. The fourth-order valence-electron chi connectivity index (χ4n) is 2.27. The average molecular weight is 205 g/mol. The molecule has 80 valence electrons. The summed E-state index contributed by atoms with van der Waals surface area (Å²) in [5.74, 6) is 2.69. The number of Topliss-reactive ketones (excluding diaryl/α,β-unsaturated/α-hetero) is 1. The molecule has 0 amide bonds. The Morgan fingerprint density at radius 1 is 1.40 bits per heavy atom. The van der Waals surface area contributed by atoms with E-state index in [0.29, 0.717) is 5.92 Å². The second-order valence-corrected chi connectivity index (χ2v) is 4.63. The van der Waals surface area contributed by atoms with Crippen molar-refractivity contribution in [3.63, 3.8) is 0 Å². The molecule has 1 aliphatic carbocycles. The Morgan fingerprint density at radius 2 is 2.20 bits per heavy atom. The molecule has 0 bridgehead atoms. The van der Waals surface area contributed by atoms with Crippen molar-refractivity contribution in [3.05, 3.63) is 11.6 Å². The van der Waals surface area contributed by atoms with Gasteiger partial charge in [0.05, 0.1) is 5.92 Å². The Kier molecular flexibility index (Phi) is 1.90. The molecule has 0 aromatic carbocycles. The molecule has 1 aliphatic heterocycles. The Labute approximate surface area is 88.7 Å². The number of fused-ring (bicyclic) bond motifs is 1. The molecule has 4 heteroatoms. The second kappa shape index (κ2) is 3.15. The van der Waals surface area contributed by atoms with Gasteiger partial charge >= 0.3 is 0 Å². The monoisotopic (exact) mass is 205 g/mol. The molecule has 4 nitrogen and oxygen atoms in total. The highest BCUT2D eigenvalue weighted by atomic mass is 16.1. The topological polar surface area (TPSA) is 47.8 Å². The highest BCUT2D eigenvalue weighted by Crippen LogP contribution is 2.39. The fraction of sp³-hybridized carbons (Fsp3) is 0.727. The van der Waals surface area contributed by atoms with Crippen LogP contribution in [0.25, 0.3) is 0 Å². The average Bonchev–Trinajstić information content (AvgIpc) is 2.96. The van der Waals surface area contributed by atoms with Crippen molar-refractivity contribution in [2.45, 2.75) is 51.0 Å². The maximum atomic E-state index is 11.5. The molecule has 3 rings (SSSR count). The highest BCUT2D eigenvalue weighted by molar-refractivity contribution is 5.82. The van der Waals surface area contributed by atoms with Crippen molar-refractivity contribution in [1.29, 1.82) is 0 Å². The van der Waals surface area contributed by atoms with Gasteiger partial charge < -0.3 is 0 Å². The summed E-state index contributed by atoms with van der Waals surface area (Å²) in [6.45, 7) is 2.59. The number of ketones is 1. The largest absolute Gasteiger partial charge is 0.299 e. The van der Waals surface area contributed by atoms with Gasteiger partial charge in [-0.25, -0.2) is 9.67 Å². The molecule has 0 radical (unpaired) electrons. The van der Waals surface area contributed by atoms with Crippen LogP contribution in [-0.2, 0) is 11.3 Å². The fourth-order valence-corrected chi connectivity index (χ4v) is 2.27. The molecule has 1 fully saturated rings. The zero-order valence-electron chi connectivity index (χ0n) is 8.94. The normalized spacial score (nSPS) is 25.0. The van der Waals surface area contributed by atoms with Crippen molar-refractivity contribution in [3.8, 4) is 0 Å². The predicted molar refractivity (Wildman–Crippen MR) is 54.7 cm³/mol. The van der Waals surface area contributed by atoms with Crippen molar-refractivity contribution < 1.29 is 4.79 Å². The Morgan fingerprint density at radius 3 is 2.87 bits per heavy atom. The molecule has 1 unspecified atom stereocenters. The Hall–Kier alpha value is -1.19. The molecule has 1 aromatic heterocycles. The van der Waals surface area contributed by atoms with E-state index in [0.717, 1.165) is 31.0 Å². The summed E-state index contributed by atoms with van der Waals surface area (Å²) >= 11 is 0. The van der Waals surface area contributed by atoms with E-state index < -0.39 is 0 Å². The van der Waals surface area contributed by atoms with Gasteiger partial charge in [-0.1, -0.05) is 0 Å². The number of aryl methyl sites for hydroxylation is 1. The van der Waals surface area contributed by atoms with Gasteiger partial charge in [-0.2, -0.15) is 5.10 Å². The van der Waals surface area contributed by atoms with Gasteiger partial charge in [-0.15, -0.1) is 0 Å². The summed E-state index contributed by atoms with van der Waals surface area (Å²) in [6.07, 6.45) is 4.42. The SMILES string of the molecule is CC(=O)C1CCCn2nc(C3CC3)nc21. The minimum absolute atomic E-state index is 0.00116. The van der Waals surface area contributed by atoms with Gasteiger partial charge in [0.2, 0.25) is 0 Å². The summed E-state index contributed by atoms with van der Waals surface area (Å²) in [5.41, 5.74) is 0. The van der Waals surface area contributed by atoms with E-state index in [1.54, 1.807) is 6.92 Å². The third-order valence-electron chi connectivity index (χ3n) is 3.32. The molecule has 0 N–H and O–H groups in total. The molecule has 1 aromatic rings. The number of nitrogens with zero attached hydrogens (tertiary/aromatic N) is 3. The maximum absolute atomic E-state index is 11.5. The van der Waals surface area contributed by atoms with E-state index in [4.69, 9.17) is 0 Å². The van der Waals surface area contributed by atoms with Crippen LogP contribution in [0.3, 0.4) is 0 Å². The number of carbonyl (C=O) groups is 1. The summed E-state index contributed by atoms with van der Waals surface area (Å²) < 4.78 is 1.95. The van der Waals surface area contributed by atoms with Crippen LogP contribution in [0.15, 0.2) is 0 Å². The lowest BCUT2D eigenvalue weighted by molar-refractivity contribution is -0.119. The molecule has 0 spiro atoms. The van der Waals surface area contributed by atoms with Gasteiger partial charge in [0.15, 0.2) is 5.82 Å². The molecule has 1 atom stereocenters. The van der Waals surface area contributed by atoms with Crippen LogP contribution in [0.4, 0.5) is 0 Å². The first kappa shape index (κ1) is 9.07. The molecule has 2 heterocycles. The van der Waals surface area contributed by atoms with Crippen LogP contribution < -0.4 is 0 Å². The smallest absolute Gasteiger partial charge is 0.154 e. The Balaban J connectivity index is 1.98. The number of aromatic nitrogens is 3. The minimum atomic E-state index is -0.00116. The van der Waals surface area contributed by atoms with Gasteiger partial charge in [-0.3, -0.25) is 4.79 Å². The number of hydrogen-bond donors (Lipinski definition) is 0. The lowest BCUT2D eigenvalue weighted by Crippen LogP contribution is -2.21. The van der Waals surface area contributed by atoms with Crippen molar-refractivity contribution >= 4 is 5.78 Å². The van der Waals surface area contributed by atoms with Crippen molar-refractivity contribution in [1.82, 2.24) is 14.8 Å². The van der Waals surface area contributed by atoms with Gasteiger partial charge in [-0.05, 0) is 32.6 Å². The minimum Gasteiger partial charge on any atom is -0.299 e. The maximum Gasteiger partial charge on any atom is 0.154 e. The van der Waals surface area contributed by atoms with E-state index in [2.05, 4.69) is 10.1 Å². The van der Waals surface area contributed by atoms with Gasteiger partial charge in [0.25, 0.3) is 0 Å². The van der Waals surface area contributed by atoms with Crippen molar-refractivity contribution in [2.75, 3.05) is 0 Å². The summed E-state index contributed by atoms with van der Waals surface area (Å²) in [7, 11) is 0. The van der Waals surface area contributed by atoms with Crippen LogP contribution in [-0.4, -0.2) is 20.5 Å². The Bertz CT molecular complexity index is 406. The molecule has 1 saturated carbocycles. The molecular weight excluding hydrogens is 190 g/mol. The van der Waals surface area contributed by atoms with Crippen LogP contribution >= 0.6 is 0 Å². The first-order chi connectivity index (χ1) is 7.25. The first-order valence-corrected chi connectivity index (χ1v) is 5.71. The van der Waals surface area contributed by atoms with E-state index >= 15 is 0 Å². The molecular formula is C11H15N3O. The third-order valence-corrected chi connectivity index (χ3v) is 3.32. The summed E-state index contributed by atoms with van der Waals surface area (Å²) in [4.78, 5) is 16.0. The van der Waals surface area contributed by atoms with E-state index in [-0.39, 0.29) is 11.7 Å². The third kappa shape index (κ3) is 1.48. The lowest BCUT2D eigenvalue weighted by atomic mass is 9.95. The van der Waals surface area contributed by atoms with Crippen LogP contribution in [0, 0.1) is 0 Å². The zero-order valence-corrected chi connectivity index (χ0v) is 8.94. The standard InChI is InChI=1S/C11H15N3O/c1-7(15)9-3-2-6-14-11(9)12-10(13-14)8-4-5-8/h8-9H,2-6H2,1H3. The highest BCUT2D eigenvalue weighted by Gasteiger charge is 2.33. The van der Waals surface area contributed by atoms with Crippen LogP contribution in [0.1, 0.15) is 56.1 Å². The van der Waals surface area contributed by atoms with E-state index in [9.17, 15) is 4.79 Å². The van der Waals surface area contributed by atoms with Crippen molar-refractivity contribution in [2.24, 2.45) is 0 Å². The predicted octanol–water partition coefficient (Wildman–Crippen LogP) is 1.62. The summed E-state index contributed by atoms with van der Waals surface area (Å²) in [5, 5.41) is 4.50. The second-order valence-electron chi connectivity index (χ2n) is 4.63. The lowest BCUT2D eigenvalue weighted by Gasteiger charge is -2.19. The van der Waals surface area contributed by atoms with Gasteiger partial charge in [0.1, 0.15) is 11.6 Å². The number of hydrogen-bond acceptors (Lipinski definition) is 3.